The van der Waals surface area contributed by atoms with Crippen molar-refractivity contribution in [1.29, 1.82) is 0 Å². The topological polar surface area (TPSA) is 51.8 Å². The van der Waals surface area contributed by atoms with Gasteiger partial charge in [0.15, 0.2) is 17.5 Å². The van der Waals surface area contributed by atoms with Crippen LogP contribution in [0.4, 0.5) is 0 Å². The zero-order valence-electron chi connectivity index (χ0n) is 47.2. The first-order chi connectivity index (χ1) is 32.7. The molecular formula is C41H25N3O. The van der Waals surface area contributed by atoms with Crippen molar-refractivity contribution in [1.82, 2.24) is 15.0 Å². The van der Waals surface area contributed by atoms with E-state index < -0.39 is 234 Å². The summed E-state index contributed by atoms with van der Waals surface area (Å²) in [6.07, 6.45) is 0. The number of furan rings is 1. The fraction of sp³-hybridized carbons (Fsp3) is 0. The van der Waals surface area contributed by atoms with Gasteiger partial charge in [0, 0.05) is 27.5 Å². The monoisotopic (exact) mass is 600 g/mol. The third-order valence-electron chi connectivity index (χ3n) is 6.63. The molecular weight excluding hydrogens is 550 g/mol. The number of nitrogens with zero attached hydrogens (tertiary/aromatic N) is 3. The highest BCUT2D eigenvalue weighted by Crippen LogP contribution is 2.34. The molecule has 0 N–H and O–H groups in total. The van der Waals surface area contributed by atoms with E-state index in [4.69, 9.17) is 30.5 Å². The van der Waals surface area contributed by atoms with Crippen LogP contribution in [0.3, 0.4) is 0 Å². The third kappa shape index (κ3) is 4.43. The summed E-state index contributed by atoms with van der Waals surface area (Å²) in [7, 11) is 0. The van der Waals surface area contributed by atoms with Crippen molar-refractivity contribution in [2.45, 2.75) is 0 Å². The Balaban J connectivity index is 1.42. The highest BCUT2D eigenvalue weighted by molar-refractivity contribution is 6.06. The summed E-state index contributed by atoms with van der Waals surface area (Å²) in [5.41, 5.74) is -4.45. The Labute approximate surface area is 294 Å². The Bertz CT molecular complexity index is 3930. The lowest BCUT2D eigenvalue weighted by Gasteiger charge is -2.11. The number of hydrogen-bond donors (Lipinski definition) is 0. The predicted octanol–water partition coefficient (Wildman–Crippen LogP) is 10.7. The Morgan fingerprint density at radius 1 is 0.378 bits per heavy atom. The molecule has 0 unspecified atom stereocenters. The van der Waals surface area contributed by atoms with E-state index in [1.54, 1.807) is 0 Å². The van der Waals surface area contributed by atoms with Crippen molar-refractivity contribution in [2.75, 3.05) is 0 Å². The number of fused-ring (bicyclic) bond motifs is 5. The van der Waals surface area contributed by atoms with Crippen LogP contribution in [0.15, 0.2) is 155 Å². The van der Waals surface area contributed by atoms with Crippen LogP contribution in [-0.4, -0.2) is 15.0 Å². The minimum Gasteiger partial charge on any atom is -0.456 e. The molecule has 210 valence electrons. The highest BCUT2D eigenvalue weighted by Gasteiger charge is 2.15. The molecule has 45 heavy (non-hydrogen) atoms. The van der Waals surface area contributed by atoms with E-state index in [1.165, 1.54) is 0 Å². The van der Waals surface area contributed by atoms with E-state index >= 15 is 0 Å². The fourth-order valence-corrected chi connectivity index (χ4v) is 4.60. The van der Waals surface area contributed by atoms with Crippen LogP contribution in [0.2, 0.25) is 0 Å². The summed E-state index contributed by atoms with van der Waals surface area (Å²) in [6.45, 7) is 0. The average molecular weight is 601 g/mol. The largest absolute Gasteiger partial charge is 0.456 e. The standard InChI is InChI=1S/C41H25N3O/c1-2-10-27(11-3-1)39-42-40(44-41(43-39)32-21-22-38-36(25-32)35-14-6-7-16-37(35)45-38)31-20-18-28-23-30(19-17-29(28)24-31)34-15-8-12-26-9-4-5-13-33(26)34/h1-25H/i1D,2D,3D,4D,5D,6D,7D,8D,9D,10D,11D,12D,13D,14D,15D,16D,17D,18D,19D,20D,21D,22D,23D,24D,25D. The molecule has 0 amide bonds. The minimum absolute atomic E-state index is 0.364. The van der Waals surface area contributed by atoms with Crippen molar-refractivity contribution in [2.24, 2.45) is 0 Å². The molecule has 0 spiro atoms. The Hall–Kier alpha value is -6.13. The van der Waals surface area contributed by atoms with Gasteiger partial charge in [-0.25, -0.2) is 15.0 Å². The summed E-state index contributed by atoms with van der Waals surface area (Å²) in [5.74, 6) is -2.41. The maximum atomic E-state index is 9.45. The molecule has 0 saturated carbocycles. The smallest absolute Gasteiger partial charge is 0.164 e. The van der Waals surface area contributed by atoms with E-state index in [1.807, 2.05) is 0 Å². The lowest BCUT2D eigenvalue weighted by Crippen LogP contribution is -2.00. The SMILES string of the molecule is [2H]c1c([2H])c([2H])c(-c2nc(-c3c([2H])c([2H])c4c([2H])c(-c5c([2H])c([2H])c([2H])c6c([2H])c([2H])c([2H])c([2H])c56)c([2H])c([2H])c4c3[2H])nc(-c3c([2H])c([2H])c4oc5c([2H])c([2H])c([2H])c([2H])c5c4c3[2H])n2)c([2H])c1[2H]. The zero-order chi connectivity index (χ0) is 51.5. The van der Waals surface area contributed by atoms with Crippen molar-refractivity contribution in [3.05, 3.63) is 151 Å². The van der Waals surface area contributed by atoms with E-state index in [-0.39, 0.29) is 5.39 Å². The molecule has 0 aliphatic heterocycles. The zero-order valence-corrected chi connectivity index (χ0v) is 22.2. The minimum atomic E-state index is -0.982. The second-order valence-electron chi connectivity index (χ2n) is 9.32. The van der Waals surface area contributed by atoms with Crippen LogP contribution >= 0.6 is 0 Å². The third-order valence-corrected chi connectivity index (χ3v) is 6.63. The normalized spacial score (nSPS) is 19.3. The molecule has 9 aromatic rings. The summed E-state index contributed by atoms with van der Waals surface area (Å²) in [5, 5.41) is -3.20. The maximum Gasteiger partial charge on any atom is 0.164 e. The van der Waals surface area contributed by atoms with Gasteiger partial charge < -0.3 is 4.42 Å². The Morgan fingerprint density at radius 2 is 0.956 bits per heavy atom. The number of hydrogen-bond acceptors (Lipinski definition) is 4. The van der Waals surface area contributed by atoms with E-state index in [0.29, 0.717) is 0 Å². The molecule has 0 saturated heterocycles. The lowest BCUT2D eigenvalue weighted by molar-refractivity contribution is 0.669. The van der Waals surface area contributed by atoms with Crippen LogP contribution in [0.1, 0.15) is 34.3 Å². The molecule has 2 heterocycles. The van der Waals surface area contributed by atoms with Crippen molar-refractivity contribution in [3.8, 4) is 45.3 Å². The maximum absolute atomic E-state index is 9.45. The average Bonchev–Trinajstić information content (AvgIpc) is 3.74. The van der Waals surface area contributed by atoms with Crippen LogP contribution in [-0.2, 0) is 0 Å². The second-order valence-corrected chi connectivity index (χ2v) is 9.32. The van der Waals surface area contributed by atoms with Crippen LogP contribution in [0.25, 0.3) is 88.8 Å². The quantitative estimate of drug-likeness (QED) is 0.202. The number of para-hydroxylation sites is 1. The summed E-state index contributed by atoms with van der Waals surface area (Å²) >= 11 is 0. The molecule has 0 fully saturated rings. The first kappa shape index (κ1) is 10.8. The molecule has 7 aromatic carbocycles. The Morgan fingerprint density at radius 3 is 1.78 bits per heavy atom. The summed E-state index contributed by atoms with van der Waals surface area (Å²) < 4.78 is 224. The van der Waals surface area contributed by atoms with Gasteiger partial charge in [0.1, 0.15) is 11.2 Å². The van der Waals surface area contributed by atoms with Crippen LogP contribution < -0.4 is 0 Å². The van der Waals surface area contributed by atoms with Gasteiger partial charge in [-0.15, -0.1) is 0 Å². The van der Waals surface area contributed by atoms with Gasteiger partial charge in [0.25, 0.3) is 0 Å². The van der Waals surface area contributed by atoms with Gasteiger partial charge in [0.2, 0.25) is 0 Å². The van der Waals surface area contributed by atoms with E-state index in [0.717, 1.165) is 0 Å². The molecule has 4 nitrogen and oxygen atoms in total. The molecule has 0 radical (unpaired) electrons. The van der Waals surface area contributed by atoms with Gasteiger partial charge in [-0.05, 0) is 68.9 Å². The second kappa shape index (κ2) is 10.2. The van der Waals surface area contributed by atoms with Crippen molar-refractivity contribution < 1.29 is 38.7 Å². The van der Waals surface area contributed by atoms with E-state index in [2.05, 4.69) is 15.0 Å². The molecule has 9 rings (SSSR count). The van der Waals surface area contributed by atoms with Gasteiger partial charge in [-0.2, -0.15) is 0 Å². The first-order valence-electron chi connectivity index (χ1n) is 25.5. The number of rotatable bonds is 4. The van der Waals surface area contributed by atoms with Gasteiger partial charge >= 0.3 is 0 Å². The van der Waals surface area contributed by atoms with E-state index in [9.17, 15) is 8.22 Å². The van der Waals surface area contributed by atoms with Crippen LogP contribution in [0, 0.1) is 0 Å². The highest BCUT2D eigenvalue weighted by atomic mass is 16.3. The molecule has 2 aromatic heterocycles. The van der Waals surface area contributed by atoms with Gasteiger partial charge in [0.05, 0.1) is 34.3 Å². The van der Waals surface area contributed by atoms with Gasteiger partial charge in [-0.1, -0.05) is 115 Å². The van der Waals surface area contributed by atoms with Crippen molar-refractivity contribution in [3.63, 3.8) is 0 Å². The molecule has 0 aliphatic rings. The van der Waals surface area contributed by atoms with Gasteiger partial charge in [-0.3, -0.25) is 0 Å². The number of benzene rings is 7. The van der Waals surface area contributed by atoms with Crippen molar-refractivity contribution >= 4 is 43.5 Å². The lowest BCUT2D eigenvalue weighted by atomic mass is 9.96. The predicted molar refractivity (Wildman–Crippen MR) is 184 cm³/mol. The molecule has 0 bridgehead atoms. The molecule has 0 atom stereocenters. The first-order valence-corrected chi connectivity index (χ1v) is 13.0. The fourth-order valence-electron chi connectivity index (χ4n) is 4.60. The number of aromatic nitrogens is 3. The Kier molecular flexibility index (Phi) is 2.46. The van der Waals surface area contributed by atoms with Crippen LogP contribution in [0.5, 0.6) is 0 Å². The summed E-state index contributed by atoms with van der Waals surface area (Å²) in [6, 6.07) is -20.9. The molecule has 0 aliphatic carbocycles. The molecule has 4 heteroatoms. The summed E-state index contributed by atoms with van der Waals surface area (Å²) in [4.78, 5) is 12.9.